The molecule has 160 valence electrons. The van der Waals surface area contributed by atoms with Crippen molar-refractivity contribution in [3.63, 3.8) is 0 Å². The van der Waals surface area contributed by atoms with Gasteiger partial charge in [0.25, 0.3) is 0 Å². The van der Waals surface area contributed by atoms with Crippen LogP contribution >= 0.6 is 11.6 Å². The molecule has 0 spiro atoms. The van der Waals surface area contributed by atoms with Crippen LogP contribution in [-0.2, 0) is 11.3 Å². The van der Waals surface area contributed by atoms with Gasteiger partial charge in [-0.2, -0.15) is 0 Å². The Kier molecular flexibility index (Phi) is 7.48. The third-order valence-electron chi connectivity index (χ3n) is 5.53. The molecule has 0 radical (unpaired) electrons. The summed E-state index contributed by atoms with van der Waals surface area (Å²) < 4.78 is 2.11. The lowest BCUT2D eigenvalue weighted by Gasteiger charge is -2.33. The molecule has 1 N–H and O–H groups in total. The predicted molar refractivity (Wildman–Crippen MR) is 121 cm³/mol. The maximum atomic E-state index is 12.8. The zero-order valence-corrected chi connectivity index (χ0v) is 18.4. The Morgan fingerprint density at radius 1 is 1.10 bits per heavy atom. The van der Waals surface area contributed by atoms with Gasteiger partial charge in [0.1, 0.15) is 0 Å². The van der Waals surface area contributed by atoms with E-state index in [4.69, 9.17) is 11.6 Å². The van der Waals surface area contributed by atoms with Gasteiger partial charge in [0.05, 0.1) is 23.8 Å². The van der Waals surface area contributed by atoms with E-state index in [9.17, 15) is 9.59 Å². The van der Waals surface area contributed by atoms with Crippen LogP contribution in [-0.4, -0.2) is 65.3 Å². The summed E-state index contributed by atoms with van der Waals surface area (Å²) in [5.41, 5.74) is 3.48. The van der Waals surface area contributed by atoms with Gasteiger partial charge in [-0.15, -0.1) is 6.58 Å². The van der Waals surface area contributed by atoms with Crippen molar-refractivity contribution in [1.82, 2.24) is 14.4 Å². The fraction of sp³-hybridized carbons (Fsp3) is 0.391. The number of halogens is 1. The van der Waals surface area contributed by atoms with E-state index in [1.54, 1.807) is 12.1 Å². The number of para-hydroxylation sites is 1. The average molecular weight is 429 g/mol. The van der Waals surface area contributed by atoms with Gasteiger partial charge in [-0.3, -0.25) is 19.4 Å². The number of ketones is 1. The van der Waals surface area contributed by atoms with Gasteiger partial charge in [-0.05, 0) is 32.0 Å². The first kappa shape index (κ1) is 22.3. The minimum Gasteiger partial charge on any atom is -0.345 e. The van der Waals surface area contributed by atoms with Crippen LogP contribution in [0.5, 0.6) is 0 Å². The van der Waals surface area contributed by atoms with Crippen LogP contribution in [0.3, 0.4) is 0 Å². The highest BCUT2D eigenvalue weighted by molar-refractivity contribution is 6.33. The summed E-state index contributed by atoms with van der Waals surface area (Å²) in [5, 5.41) is 3.39. The van der Waals surface area contributed by atoms with Gasteiger partial charge in [0.15, 0.2) is 5.78 Å². The van der Waals surface area contributed by atoms with E-state index in [0.29, 0.717) is 30.3 Å². The van der Waals surface area contributed by atoms with Crippen LogP contribution < -0.4 is 5.32 Å². The molecule has 1 aromatic carbocycles. The van der Waals surface area contributed by atoms with E-state index in [1.165, 1.54) is 0 Å². The van der Waals surface area contributed by atoms with Crippen molar-refractivity contribution in [2.75, 3.05) is 44.6 Å². The highest BCUT2D eigenvalue weighted by atomic mass is 35.5. The first-order valence-electron chi connectivity index (χ1n) is 10.2. The van der Waals surface area contributed by atoms with Gasteiger partial charge in [0, 0.05) is 49.7 Å². The number of anilines is 1. The Morgan fingerprint density at radius 3 is 2.37 bits per heavy atom. The molecule has 0 atom stereocenters. The second-order valence-electron chi connectivity index (χ2n) is 7.69. The van der Waals surface area contributed by atoms with Gasteiger partial charge >= 0.3 is 0 Å². The number of nitrogens with one attached hydrogen (secondary N) is 1. The van der Waals surface area contributed by atoms with Crippen molar-refractivity contribution in [3.8, 4) is 0 Å². The van der Waals surface area contributed by atoms with Gasteiger partial charge in [-0.25, -0.2) is 0 Å². The van der Waals surface area contributed by atoms with Crippen LogP contribution in [0.2, 0.25) is 5.02 Å². The summed E-state index contributed by atoms with van der Waals surface area (Å²) in [6.07, 6.45) is 1.84. The summed E-state index contributed by atoms with van der Waals surface area (Å²) in [4.78, 5) is 29.4. The summed E-state index contributed by atoms with van der Waals surface area (Å²) in [7, 11) is 0. The minimum atomic E-state index is -0.0812. The molecule has 3 rings (SSSR count). The third kappa shape index (κ3) is 5.39. The van der Waals surface area contributed by atoms with E-state index < -0.39 is 0 Å². The number of aromatic nitrogens is 1. The lowest BCUT2D eigenvalue weighted by Crippen LogP contribution is -2.49. The van der Waals surface area contributed by atoms with Gasteiger partial charge < -0.3 is 9.88 Å². The number of allylic oxidation sites excluding steroid dienone is 1. The number of amides is 1. The SMILES string of the molecule is C=CCn1c(C)cc(C(=O)CN2CCN(CC(=O)Nc3ccccc3Cl)CC2)c1C. The fourth-order valence-electron chi connectivity index (χ4n) is 3.84. The second kappa shape index (κ2) is 10.1. The summed E-state index contributed by atoms with van der Waals surface area (Å²) in [6.45, 7) is 12.2. The summed E-state index contributed by atoms with van der Waals surface area (Å²) in [6, 6.07) is 9.18. The van der Waals surface area contributed by atoms with E-state index >= 15 is 0 Å². The molecule has 0 aliphatic carbocycles. The first-order chi connectivity index (χ1) is 14.4. The van der Waals surface area contributed by atoms with Crippen molar-refractivity contribution in [3.05, 3.63) is 65.0 Å². The highest BCUT2D eigenvalue weighted by Crippen LogP contribution is 2.20. The van der Waals surface area contributed by atoms with Crippen LogP contribution in [0.1, 0.15) is 21.7 Å². The number of carbonyl (C=O) groups excluding carboxylic acids is 2. The number of aryl methyl sites for hydroxylation is 1. The molecule has 7 heteroatoms. The number of nitrogens with zero attached hydrogens (tertiary/aromatic N) is 3. The quantitative estimate of drug-likeness (QED) is 0.517. The minimum absolute atomic E-state index is 0.0812. The topological polar surface area (TPSA) is 57.6 Å². The number of benzene rings is 1. The maximum absolute atomic E-state index is 12.8. The Bertz CT molecular complexity index is 929. The zero-order valence-electron chi connectivity index (χ0n) is 17.7. The van der Waals surface area contributed by atoms with Crippen molar-refractivity contribution >= 4 is 29.0 Å². The number of hydrogen-bond acceptors (Lipinski definition) is 4. The maximum Gasteiger partial charge on any atom is 0.238 e. The highest BCUT2D eigenvalue weighted by Gasteiger charge is 2.23. The summed E-state index contributed by atoms with van der Waals surface area (Å²) in [5.74, 6) is 0.0607. The van der Waals surface area contributed by atoms with Crippen LogP contribution in [0, 0.1) is 13.8 Å². The number of hydrogen-bond donors (Lipinski definition) is 1. The molecule has 0 saturated carbocycles. The van der Waals surface area contributed by atoms with Crippen molar-refractivity contribution in [2.24, 2.45) is 0 Å². The lowest BCUT2D eigenvalue weighted by molar-refractivity contribution is -0.117. The Labute approximate surface area is 183 Å². The van der Waals surface area contributed by atoms with Crippen molar-refractivity contribution in [2.45, 2.75) is 20.4 Å². The largest absolute Gasteiger partial charge is 0.345 e. The molecule has 1 aliphatic heterocycles. The molecule has 6 nitrogen and oxygen atoms in total. The molecule has 1 aromatic heterocycles. The molecule has 1 saturated heterocycles. The van der Waals surface area contributed by atoms with Crippen LogP contribution in [0.25, 0.3) is 0 Å². The Morgan fingerprint density at radius 2 is 1.73 bits per heavy atom. The average Bonchev–Trinajstić information content (AvgIpc) is 3.00. The molecule has 1 aliphatic rings. The number of piperazine rings is 1. The van der Waals surface area contributed by atoms with Crippen LogP contribution in [0.15, 0.2) is 43.0 Å². The van der Waals surface area contributed by atoms with E-state index in [0.717, 1.165) is 43.1 Å². The molecule has 30 heavy (non-hydrogen) atoms. The van der Waals surface area contributed by atoms with Gasteiger partial charge in [0.2, 0.25) is 5.91 Å². The smallest absolute Gasteiger partial charge is 0.238 e. The standard InChI is InChI=1S/C23H29ClN4O2/c1-4-9-28-17(2)14-19(18(28)3)22(29)15-26-10-12-27(13-11-26)16-23(30)25-21-8-6-5-7-20(21)24/h4-8,14H,1,9-13,15-16H2,2-3H3,(H,25,30). The molecular weight excluding hydrogens is 400 g/mol. The monoisotopic (exact) mass is 428 g/mol. The molecule has 1 amide bonds. The predicted octanol–water partition coefficient (Wildman–Crippen LogP) is 3.38. The van der Waals surface area contributed by atoms with Crippen molar-refractivity contribution < 1.29 is 9.59 Å². The number of rotatable bonds is 8. The fourth-order valence-corrected chi connectivity index (χ4v) is 4.03. The normalized spacial score (nSPS) is 15.2. The molecule has 0 bridgehead atoms. The zero-order chi connectivity index (χ0) is 21.7. The molecule has 2 aromatic rings. The second-order valence-corrected chi connectivity index (χ2v) is 8.09. The Balaban J connectivity index is 1.48. The van der Waals surface area contributed by atoms with E-state index in [-0.39, 0.29) is 11.7 Å². The molecule has 2 heterocycles. The lowest BCUT2D eigenvalue weighted by atomic mass is 10.1. The molecule has 1 fully saturated rings. The number of carbonyl (C=O) groups is 2. The number of Topliss-reactive ketones (excluding diaryl/α,β-unsaturated/α-hetero) is 1. The summed E-state index contributed by atoms with van der Waals surface area (Å²) >= 11 is 6.10. The van der Waals surface area contributed by atoms with E-state index in [2.05, 4.69) is 26.3 Å². The first-order valence-corrected chi connectivity index (χ1v) is 10.6. The molecular formula is C23H29ClN4O2. The van der Waals surface area contributed by atoms with Crippen LogP contribution in [0.4, 0.5) is 5.69 Å². The molecule has 0 unspecified atom stereocenters. The van der Waals surface area contributed by atoms with Gasteiger partial charge in [-0.1, -0.05) is 29.8 Å². The Hall–Kier alpha value is -2.41. The third-order valence-corrected chi connectivity index (χ3v) is 5.86. The van der Waals surface area contributed by atoms with Crippen molar-refractivity contribution in [1.29, 1.82) is 0 Å². The van der Waals surface area contributed by atoms with E-state index in [1.807, 2.05) is 38.1 Å².